The fourth-order valence-electron chi connectivity index (χ4n) is 1.79. The summed E-state index contributed by atoms with van der Waals surface area (Å²) in [6.07, 6.45) is -5.36. The van der Waals surface area contributed by atoms with Crippen LogP contribution in [0.2, 0.25) is 5.02 Å². The molecule has 5 unspecified atom stereocenters. The average molecular weight is 401 g/mol. The van der Waals surface area contributed by atoms with Crippen LogP contribution >= 0.6 is 34.2 Å². The van der Waals surface area contributed by atoms with Crippen molar-refractivity contribution in [2.24, 2.45) is 0 Å². The molecule has 0 aromatic heterocycles. The van der Waals surface area contributed by atoms with E-state index in [1.54, 1.807) is 24.3 Å². The second-order valence-electron chi connectivity index (χ2n) is 4.24. The van der Waals surface area contributed by atoms with Gasteiger partial charge in [-0.15, -0.1) is 0 Å². The molecule has 0 radical (unpaired) electrons. The Morgan fingerprint density at radius 1 is 1.11 bits per heavy atom. The van der Waals surface area contributed by atoms with Crippen LogP contribution in [0.15, 0.2) is 24.3 Å². The Balaban J connectivity index is 2.08. The largest absolute Gasteiger partial charge is 0.462 e. The van der Waals surface area contributed by atoms with Crippen LogP contribution in [0.4, 0.5) is 0 Å². The summed E-state index contributed by atoms with van der Waals surface area (Å²) in [7, 11) is 0. The third-order valence-corrected chi connectivity index (χ3v) is 4.01. The lowest BCUT2D eigenvalue weighted by Crippen LogP contribution is -2.59. The highest BCUT2D eigenvalue weighted by molar-refractivity contribution is 14.1. The number of hydrogen-bond donors (Lipinski definition) is 3. The quantitative estimate of drug-likeness (QED) is 0.520. The molecule has 7 heteroatoms. The second-order valence-corrected chi connectivity index (χ2v) is 5.56. The lowest BCUT2D eigenvalue weighted by atomic mass is 10.00. The molecule has 2 rings (SSSR count). The number of benzene rings is 1. The summed E-state index contributed by atoms with van der Waals surface area (Å²) < 4.78 is 11.4. The maximum atomic E-state index is 9.85. The van der Waals surface area contributed by atoms with Crippen molar-refractivity contribution in [1.82, 2.24) is 0 Å². The fourth-order valence-corrected chi connectivity index (χ4v) is 2.64. The van der Waals surface area contributed by atoms with Crippen LogP contribution < -0.4 is 4.74 Å². The predicted octanol–water partition coefficient (Wildman–Crippen LogP) is 0.961. The smallest absolute Gasteiger partial charge is 0.229 e. The molecule has 19 heavy (non-hydrogen) atoms. The van der Waals surface area contributed by atoms with Gasteiger partial charge in [0.2, 0.25) is 6.29 Å². The van der Waals surface area contributed by atoms with Gasteiger partial charge in [0.25, 0.3) is 0 Å². The van der Waals surface area contributed by atoms with Gasteiger partial charge >= 0.3 is 0 Å². The zero-order valence-electron chi connectivity index (χ0n) is 9.82. The molecular formula is C12H14ClIO5. The van der Waals surface area contributed by atoms with E-state index in [9.17, 15) is 15.3 Å². The van der Waals surface area contributed by atoms with E-state index in [1.807, 2.05) is 22.6 Å². The Bertz CT molecular complexity index is 413. The van der Waals surface area contributed by atoms with Crippen molar-refractivity contribution in [1.29, 1.82) is 0 Å². The Labute approximate surface area is 129 Å². The van der Waals surface area contributed by atoms with E-state index in [1.165, 1.54) is 0 Å². The van der Waals surface area contributed by atoms with Gasteiger partial charge in [0.15, 0.2) is 0 Å². The van der Waals surface area contributed by atoms with Crippen LogP contribution in [-0.2, 0) is 4.74 Å². The minimum absolute atomic E-state index is 0.462. The number of aliphatic hydroxyl groups is 3. The normalized spacial score (nSPS) is 35.1. The van der Waals surface area contributed by atoms with E-state index in [2.05, 4.69) is 0 Å². The summed E-state index contributed by atoms with van der Waals surface area (Å²) in [5, 5.41) is 29.9. The molecule has 0 spiro atoms. The number of hydrogen-bond acceptors (Lipinski definition) is 5. The Morgan fingerprint density at radius 3 is 2.32 bits per heavy atom. The molecular weight excluding hydrogens is 386 g/mol. The molecule has 0 aliphatic carbocycles. The Hall–Kier alpha value is -0.120. The summed E-state index contributed by atoms with van der Waals surface area (Å²) in [6.45, 7) is 0. The number of ether oxygens (including phenoxy) is 2. The van der Waals surface area contributed by atoms with E-state index in [-0.39, 0.29) is 0 Å². The minimum Gasteiger partial charge on any atom is -0.462 e. The molecule has 0 amide bonds. The molecule has 5 atom stereocenters. The van der Waals surface area contributed by atoms with Crippen molar-refractivity contribution >= 4 is 34.2 Å². The van der Waals surface area contributed by atoms with Crippen LogP contribution in [0, 0.1) is 0 Å². The van der Waals surface area contributed by atoms with E-state index in [0.29, 0.717) is 15.2 Å². The van der Waals surface area contributed by atoms with Gasteiger partial charge in [-0.25, -0.2) is 0 Å². The zero-order valence-corrected chi connectivity index (χ0v) is 12.7. The summed E-state index contributed by atoms with van der Waals surface area (Å²) in [4.78, 5) is 0. The number of halogens is 2. The van der Waals surface area contributed by atoms with Crippen molar-refractivity contribution in [3.8, 4) is 5.75 Å². The zero-order chi connectivity index (χ0) is 14.0. The van der Waals surface area contributed by atoms with Crippen LogP contribution in [0.5, 0.6) is 5.75 Å². The first-order chi connectivity index (χ1) is 9.02. The van der Waals surface area contributed by atoms with Gasteiger partial charge in [0.1, 0.15) is 24.1 Å². The summed E-state index contributed by atoms with van der Waals surface area (Å²) in [5.41, 5.74) is 0. The van der Waals surface area contributed by atoms with Crippen molar-refractivity contribution in [2.75, 3.05) is 4.43 Å². The van der Waals surface area contributed by atoms with Crippen LogP contribution in [0.25, 0.3) is 0 Å². The molecule has 5 nitrogen and oxygen atoms in total. The van der Waals surface area contributed by atoms with Gasteiger partial charge in [-0.2, -0.15) is 0 Å². The van der Waals surface area contributed by atoms with Gasteiger partial charge in [-0.05, 0) is 24.3 Å². The fraction of sp³-hybridized carbons (Fsp3) is 0.500. The molecule has 1 heterocycles. The van der Waals surface area contributed by atoms with Crippen LogP contribution in [0.1, 0.15) is 0 Å². The highest BCUT2D eigenvalue weighted by Gasteiger charge is 2.44. The standard InChI is InChI=1S/C12H14ClIO5/c13-6-1-3-7(4-2-6)18-12-11(17)10(16)9(15)8(5-14)19-12/h1-4,8-12,15-17H,5H2. The minimum atomic E-state index is -1.31. The average Bonchev–Trinajstić information content (AvgIpc) is 2.42. The lowest BCUT2D eigenvalue weighted by molar-refractivity contribution is -0.266. The van der Waals surface area contributed by atoms with E-state index >= 15 is 0 Å². The van der Waals surface area contributed by atoms with E-state index in [4.69, 9.17) is 21.1 Å². The molecule has 1 aromatic carbocycles. The van der Waals surface area contributed by atoms with E-state index < -0.39 is 30.7 Å². The van der Waals surface area contributed by atoms with Gasteiger partial charge in [-0.3, -0.25) is 0 Å². The molecule has 1 aliphatic rings. The predicted molar refractivity (Wildman–Crippen MR) is 77.6 cm³/mol. The van der Waals surface area contributed by atoms with E-state index in [0.717, 1.165) is 0 Å². The molecule has 1 fully saturated rings. The Morgan fingerprint density at radius 2 is 1.74 bits per heavy atom. The SMILES string of the molecule is OC1C(CI)OC(Oc2ccc(Cl)cc2)C(O)C1O. The molecule has 0 saturated carbocycles. The van der Waals surface area contributed by atoms with Crippen LogP contribution in [0.3, 0.4) is 0 Å². The molecule has 106 valence electrons. The van der Waals surface area contributed by atoms with Gasteiger partial charge in [-0.1, -0.05) is 34.2 Å². The molecule has 1 aromatic rings. The number of alkyl halides is 1. The van der Waals surface area contributed by atoms with Gasteiger partial charge in [0.05, 0.1) is 6.10 Å². The number of aliphatic hydroxyl groups excluding tert-OH is 3. The number of rotatable bonds is 3. The Kier molecular flexibility index (Phi) is 5.27. The molecule has 0 bridgehead atoms. The van der Waals surface area contributed by atoms with Crippen molar-refractivity contribution in [3.05, 3.63) is 29.3 Å². The van der Waals surface area contributed by atoms with Gasteiger partial charge < -0.3 is 24.8 Å². The second kappa shape index (κ2) is 6.55. The molecule has 3 N–H and O–H groups in total. The third-order valence-electron chi connectivity index (χ3n) is 2.89. The monoisotopic (exact) mass is 400 g/mol. The lowest BCUT2D eigenvalue weighted by Gasteiger charge is -2.39. The highest BCUT2D eigenvalue weighted by atomic mass is 127. The first-order valence-electron chi connectivity index (χ1n) is 5.71. The summed E-state index contributed by atoms with van der Waals surface area (Å²) >= 11 is 7.79. The maximum Gasteiger partial charge on any atom is 0.229 e. The van der Waals surface area contributed by atoms with Crippen molar-refractivity contribution in [3.63, 3.8) is 0 Å². The van der Waals surface area contributed by atoms with Crippen LogP contribution in [-0.4, -0.2) is 50.5 Å². The summed E-state index contributed by atoms with van der Waals surface area (Å²) in [5.74, 6) is 0.462. The topological polar surface area (TPSA) is 79.2 Å². The third kappa shape index (κ3) is 3.50. The first-order valence-corrected chi connectivity index (χ1v) is 7.61. The highest BCUT2D eigenvalue weighted by Crippen LogP contribution is 2.25. The van der Waals surface area contributed by atoms with Crippen molar-refractivity contribution in [2.45, 2.75) is 30.7 Å². The maximum absolute atomic E-state index is 9.85. The van der Waals surface area contributed by atoms with Crippen molar-refractivity contribution < 1.29 is 24.8 Å². The molecule has 1 saturated heterocycles. The van der Waals surface area contributed by atoms with Gasteiger partial charge in [0, 0.05) is 9.45 Å². The first kappa shape index (κ1) is 15.3. The summed E-state index contributed by atoms with van der Waals surface area (Å²) in [6, 6.07) is 6.56. The molecule has 1 aliphatic heterocycles.